The van der Waals surface area contributed by atoms with Crippen LogP contribution < -0.4 is 5.73 Å². The van der Waals surface area contributed by atoms with Gasteiger partial charge in [0.25, 0.3) is 0 Å². The molecule has 0 aliphatic heterocycles. The maximum atomic E-state index is 10.4. The van der Waals surface area contributed by atoms with Gasteiger partial charge in [0.15, 0.2) is 0 Å². The van der Waals surface area contributed by atoms with E-state index in [1.165, 1.54) is 12.2 Å². The van der Waals surface area contributed by atoms with Crippen LogP contribution >= 0.6 is 11.6 Å². The zero-order valence-corrected chi connectivity index (χ0v) is 7.95. The summed E-state index contributed by atoms with van der Waals surface area (Å²) in [4.78, 5) is 10.4. The maximum absolute atomic E-state index is 10.4. The van der Waals surface area contributed by atoms with Crippen LogP contribution in [-0.2, 0) is 4.79 Å². The van der Waals surface area contributed by atoms with Gasteiger partial charge in [0.05, 0.1) is 10.6 Å². The number of amides is 1. The molecule has 70 valence electrons. The van der Waals surface area contributed by atoms with Gasteiger partial charge < -0.3 is 5.73 Å². The molecule has 1 aromatic rings. The molecule has 0 heterocycles. The summed E-state index contributed by atoms with van der Waals surface area (Å²) in [5.41, 5.74) is 6.01. The monoisotopic (exact) mass is 206 g/mol. The lowest BCUT2D eigenvalue weighted by Gasteiger charge is -1.96. The molecule has 0 aliphatic carbocycles. The Hall–Kier alpha value is -1.79. The van der Waals surface area contributed by atoms with Crippen molar-refractivity contribution in [3.63, 3.8) is 0 Å². The van der Waals surface area contributed by atoms with Crippen LogP contribution in [0.5, 0.6) is 0 Å². The first-order chi connectivity index (χ1) is 6.63. The predicted octanol–water partition coefficient (Wildman–Crippen LogP) is 1.71. The molecule has 0 radical (unpaired) electrons. The Labute approximate surface area is 86.4 Å². The SMILES string of the molecule is N#Cc1cc(C=CC(N)=O)ccc1Cl. The molecule has 0 unspecified atom stereocenters. The van der Waals surface area contributed by atoms with Crippen LogP contribution in [0, 0.1) is 11.3 Å². The molecule has 0 aliphatic rings. The Morgan fingerprint density at radius 2 is 2.29 bits per heavy atom. The summed E-state index contributed by atoms with van der Waals surface area (Å²) in [6.45, 7) is 0. The highest BCUT2D eigenvalue weighted by Crippen LogP contribution is 2.17. The van der Waals surface area contributed by atoms with Crippen molar-refractivity contribution in [1.29, 1.82) is 5.26 Å². The molecule has 0 saturated heterocycles. The lowest BCUT2D eigenvalue weighted by atomic mass is 10.1. The van der Waals surface area contributed by atoms with Crippen molar-refractivity contribution >= 4 is 23.6 Å². The van der Waals surface area contributed by atoms with Gasteiger partial charge in [-0.1, -0.05) is 17.7 Å². The average molecular weight is 207 g/mol. The second-order valence-corrected chi connectivity index (χ2v) is 2.99. The molecule has 0 spiro atoms. The molecule has 2 N–H and O–H groups in total. The summed E-state index contributed by atoms with van der Waals surface area (Å²) >= 11 is 5.72. The van der Waals surface area contributed by atoms with Crippen LogP contribution in [0.3, 0.4) is 0 Å². The maximum Gasteiger partial charge on any atom is 0.241 e. The standard InChI is InChI=1S/C10H7ClN2O/c11-9-3-1-7(2-4-10(13)14)5-8(9)6-12/h1-5H,(H2,13,14). The molecule has 0 saturated carbocycles. The van der Waals surface area contributed by atoms with E-state index in [2.05, 4.69) is 0 Å². The molecule has 1 amide bonds. The molecule has 0 fully saturated rings. The highest BCUT2D eigenvalue weighted by molar-refractivity contribution is 6.31. The number of carbonyl (C=O) groups excluding carboxylic acids is 1. The number of rotatable bonds is 2. The first-order valence-corrected chi connectivity index (χ1v) is 4.18. The lowest BCUT2D eigenvalue weighted by Crippen LogP contribution is -2.05. The van der Waals surface area contributed by atoms with E-state index < -0.39 is 5.91 Å². The van der Waals surface area contributed by atoms with E-state index in [0.29, 0.717) is 16.1 Å². The average Bonchev–Trinajstić information content (AvgIpc) is 2.16. The number of carbonyl (C=O) groups is 1. The molecular formula is C10H7ClN2O. The Bertz CT molecular complexity index is 432. The topological polar surface area (TPSA) is 66.9 Å². The quantitative estimate of drug-likeness (QED) is 0.749. The van der Waals surface area contributed by atoms with E-state index in [4.69, 9.17) is 22.6 Å². The Morgan fingerprint density at radius 3 is 2.86 bits per heavy atom. The second kappa shape index (κ2) is 4.45. The minimum atomic E-state index is -0.529. The highest BCUT2D eigenvalue weighted by atomic mass is 35.5. The molecular weight excluding hydrogens is 200 g/mol. The Balaban J connectivity index is 3.03. The van der Waals surface area contributed by atoms with Gasteiger partial charge in [-0.3, -0.25) is 4.79 Å². The van der Waals surface area contributed by atoms with Crippen LogP contribution in [0.25, 0.3) is 6.08 Å². The molecule has 3 nitrogen and oxygen atoms in total. The second-order valence-electron chi connectivity index (χ2n) is 2.59. The van der Waals surface area contributed by atoms with Crippen LogP contribution in [-0.4, -0.2) is 5.91 Å². The number of nitrogens with zero attached hydrogens (tertiary/aromatic N) is 1. The summed E-state index contributed by atoms with van der Waals surface area (Å²) in [5.74, 6) is -0.529. The molecule has 1 aromatic carbocycles. The van der Waals surface area contributed by atoms with E-state index in [1.807, 2.05) is 6.07 Å². The Kier molecular flexibility index (Phi) is 3.27. The lowest BCUT2D eigenvalue weighted by molar-refractivity contribution is -0.113. The first-order valence-electron chi connectivity index (χ1n) is 3.80. The van der Waals surface area contributed by atoms with Crippen molar-refractivity contribution in [3.05, 3.63) is 40.4 Å². The number of hydrogen-bond donors (Lipinski definition) is 1. The highest BCUT2D eigenvalue weighted by Gasteiger charge is 1.98. The van der Waals surface area contributed by atoms with Gasteiger partial charge >= 0.3 is 0 Å². The van der Waals surface area contributed by atoms with Crippen molar-refractivity contribution in [2.24, 2.45) is 5.73 Å². The summed E-state index contributed by atoms with van der Waals surface area (Å²) < 4.78 is 0. The van der Waals surface area contributed by atoms with Crippen molar-refractivity contribution in [2.75, 3.05) is 0 Å². The van der Waals surface area contributed by atoms with Gasteiger partial charge in [-0.05, 0) is 23.8 Å². The first kappa shape index (κ1) is 10.3. The number of hydrogen-bond acceptors (Lipinski definition) is 2. The van der Waals surface area contributed by atoms with Crippen molar-refractivity contribution in [3.8, 4) is 6.07 Å². The predicted molar refractivity (Wildman–Crippen MR) is 54.4 cm³/mol. The molecule has 0 atom stereocenters. The summed E-state index contributed by atoms with van der Waals surface area (Å²) in [5, 5.41) is 9.06. The molecule has 4 heteroatoms. The fraction of sp³-hybridized carbons (Fsp3) is 0. The number of benzene rings is 1. The van der Waals surface area contributed by atoms with Crippen LogP contribution in [0.4, 0.5) is 0 Å². The van der Waals surface area contributed by atoms with Crippen molar-refractivity contribution < 1.29 is 4.79 Å². The summed E-state index contributed by atoms with van der Waals surface area (Å²) in [7, 11) is 0. The van der Waals surface area contributed by atoms with Gasteiger partial charge in [0, 0.05) is 6.08 Å². The van der Waals surface area contributed by atoms with Crippen molar-refractivity contribution in [2.45, 2.75) is 0 Å². The van der Waals surface area contributed by atoms with Crippen LogP contribution in [0.15, 0.2) is 24.3 Å². The van der Waals surface area contributed by atoms with Gasteiger partial charge in [0.2, 0.25) is 5.91 Å². The van der Waals surface area contributed by atoms with E-state index >= 15 is 0 Å². The van der Waals surface area contributed by atoms with Gasteiger partial charge in [-0.25, -0.2) is 0 Å². The molecule has 14 heavy (non-hydrogen) atoms. The van der Waals surface area contributed by atoms with Crippen LogP contribution in [0.1, 0.15) is 11.1 Å². The third-order valence-electron chi connectivity index (χ3n) is 1.55. The number of primary amides is 1. The molecule has 0 aromatic heterocycles. The number of nitriles is 1. The van der Waals surface area contributed by atoms with Gasteiger partial charge in [-0.15, -0.1) is 0 Å². The minimum Gasteiger partial charge on any atom is -0.366 e. The van der Waals surface area contributed by atoms with Gasteiger partial charge in [-0.2, -0.15) is 5.26 Å². The van der Waals surface area contributed by atoms with E-state index in [1.54, 1.807) is 18.2 Å². The largest absolute Gasteiger partial charge is 0.366 e. The van der Waals surface area contributed by atoms with E-state index in [0.717, 1.165) is 0 Å². The smallest absolute Gasteiger partial charge is 0.241 e. The van der Waals surface area contributed by atoms with E-state index in [-0.39, 0.29) is 0 Å². The Morgan fingerprint density at radius 1 is 1.57 bits per heavy atom. The van der Waals surface area contributed by atoms with E-state index in [9.17, 15) is 4.79 Å². The minimum absolute atomic E-state index is 0.373. The molecule has 1 rings (SSSR count). The normalized spacial score (nSPS) is 10.0. The van der Waals surface area contributed by atoms with Crippen LogP contribution in [0.2, 0.25) is 5.02 Å². The summed E-state index contributed by atoms with van der Waals surface area (Å²) in [6.07, 6.45) is 2.75. The van der Waals surface area contributed by atoms with Gasteiger partial charge in [0.1, 0.15) is 6.07 Å². The van der Waals surface area contributed by atoms with Crippen molar-refractivity contribution in [1.82, 2.24) is 0 Å². The summed E-state index contributed by atoms with van der Waals surface area (Å²) in [6, 6.07) is 6.82. The fourth-order valence-electron chi connectivity index (χ4n) is 0.911. The molecule has 0 bridgehead atoms. The third-order valence-corrected chi connectivity index (χ3v) is 1.88. The zero-order chi connectivity index (χ0) is 10.6. The number of nitrogens with two attached hydrogens (primary N) is 1. The fourth-order valence-corrected chi connectivity index (χ4v) is 1.07. The zero-order valence-electron chi connectivity index (χ0n) is 7.20. The number of halogens is 1. The third kappa shape index (κ3) is 2.61.